The van der Waals surface area contributed by atoms with Crippen LogP contribution in [0.2, 0.25) is 0 Å². The molecule has 0 bridgehead atoms. The van der Waals surface area contributed by atoms with Crippen molar-refractivity contribution in [3.63, 3.8) is 0 Å². The molecule has 0 aliphatic carbocycles. The van der Waals surface area contributed by atoms with E-state index >= 15 is 0 Å². The van der Waals surface area contributed by atoms with E-state index in [4.69, 9.17) is 14.2 Å². The van der Waals surface area contributed by atoms with Gasteiger partial charge in [0.2, 0.25) is 0 Å². The first-order valence-corrected chi connectivity index (χ1v) is 6.95. The highest BCUT2D eigenvalue weighted by molar-refractivity contribution is 5.46. The van der Waals surface area contributed by atoms with E-state index in [9.17, 15) is 0 Å². The highest BCUT2D eigenvalue weighted by Gasteiger charge is 2.17. The van der Waals surface area contributed by atoms with Crippen molar-refractivity contribution < 1.29 is 14.2 Å². The maximum Gasteiger partial charge on any atom is 0.165 e. The minimum absolute atomic E-state index is 0.255. The predicted octanol–water partition coefficient (Wildman–Crippen LogP) is 1.12. The van der Waals surface area contributed by atoms with Crippen molar-refractivity contribution >= 4 is 0 Å². The number of hydrogen-bond donors (Lipinski definition) is 1. The van der Waals surface area contributed by atoms with Gasteiger partial charge in [-0.05, 0) is 13.1 Å². The molecule has 5 nitrogen and oxygen atoms in total. The van der Waals surface area contributed by atoms with E-state index in [1.807, 2.05) is 18.2 Å². The maximum atomic E-state index is 5.73. The van der Waals surface area contributed by atoms with Gasteiger partial charge in [-0.3, -0.25) is 0 Å². The molecular weight excluding hydrogens is 256 g/mol. The molecule has 1 heterocycles. The Morgan fingerprint density at radius 3 is 2.90 bits per heavy atom. The van der Waals surface area contributed by atoms with Crippen LogP contribution in [0.15, 0.2) is 18.2 Å². The predicted molar refractivity (Wildman–Crippen MR) is 78.5 cm³/mol. The Morgan fingerprint density at radius 1 is 1.35 bits per heavy atom. The van der Waals surface area contributed by atoms with Gasteiger partial charge in [-0.1, -0.05) is 12.1 Å². The average molecular weight is 280 g/mol. The lowest BCUT2D eigenvalue weighted by atomic mass is 10.1. The molecule has 2 rings (SSSR count). The second-order valence-electron chi connectivity index (χ2n) is 5.04. The summed E-state index contributed by atoms with van der Waals surface area (Å²) in [5.41, 5.74) is 1.09. The fourth-order valence-corrected chi connectivity index (χ4v) is 2.45. The summed E-state index contributed by atoms with van der Waals surface area (Å²) in [6.45, 7) is 4.38. The number of para-hydroxylation sites is 1. The molecule has 5 heteroatoms. The van der Waals surface area contributed by atoms with E-state index < -0.39 is 0 Å². The normalized spacial score (nSPS) is 19.9. The molecule has 0 amide bonds. The first-order chi connectivity index (χ1) is 9.74. The number of hydrogen-bond acceptors (Lipinski definition) is 5. The van der Waals surface area contributed by atoms with Crippen LogP contribution in [0.5, 0.6) is 11.5 Å². The van der Waals surface area contributed by atoms with Crippen LogP contribution in [-0.4, -0.2) is 58.5 Å². The van der Waals surface area contributed by atoms with Gasteiger partial charge >= 0.3 is 0 Å². The van der Waals surface area contributed by atoms with Crippen LogP contribution in [-0.2, 0) is 11.3 Å². The molecule has 1 atom stereocenters. The van der Waals surface area contributed by atoms with Gasteiger partial charge < -0.3 is 24.4 Å². The van der Waals surface area contributed by atoms with Crippen molar-refractivity contribution in [3.8, 4) is 11.5 Å². The zero-order chi connectivity index (χ0) is 14.4. The summed E-state index contributed by atoms with van der Waals surface area (Å²) in [4.78, 5) is 2.29. The molecule has 1 aromatic carbocycles. The third kappa shape index (κ3) is 3.85. The second-order valence-corrected chi connectivity index (χ2v) is 5.04. The van der Waals surface area contributed by atoms with Gasteiger partial charge in [0.25, 0.3) is 0 Å². The van der Waals surface area contributed by atoms with E-state index in [2.05, 4.69) is 17.3 Å². The number of nitrogens with zero attached hydrogens (tertiary/aromatic N) is 1. The molecule has 1 saturated heterocycles. The van der Waals surface area contributed by atoms with Crippen molar-refractivity contribution in [1.29, 1.82) is 0 Å². The molecule has 0 radical (unpaired) electrons. The van der Waals surface area contributed by atoms with E-state index in [1.165, 1.54) is 0 Å². The minimum Gasteiger partial charge on any atom is -0.493 e. The topological polar surface area (TPSA) is 43.0 Å². The van der Waals surface area contributed by atoms with Crippen LogP contribution in [0.25, 0.3) is 0 Å². The molecule has 0 saturated carbocycles. The second kappa shape index (κ2) is 7.47. The van der Waals surface area contributed by atoms with Crippen LogP contribution in [0.4, 0.5) is 0 Å². The number of likely N-dealkylation sites (N-methyl/N-ethyl adjacent to an activating group) is 1. The van der Waals surface area contributed by atoms with E-state index in [0.717, 1.165) is 49.8 Å². The highest BCUT2D eigenvalue weighted by atomic mass is 16.5. The summed E-state index contributed by atoms with van der Waals surface area (Å²) in [5, 5.41) is 3.43. The third-order valence-corrected chi connectivity index (χ3v) is 3.51. The summed E-state index contributed by atoms with van der Waals surface area (Å²) in [5.74, 6) is 1.56. The van der Waals surface area contributed by atoms with Crippen LogP contribution in [0, 0.1) is 0 Å². The molecular formula is C15H24N2O3. The number of nitrogens with one attached hydrogen (secondary N) is 1. The number of rotatable bonds is 6. The Hall–Kier alpha value is -1.30. The first kappa shape index (κ1) is 15.1. The van der Waals surface area contributed by atoms with Crippen molar-refractivity contribution in [2.45, 2.75) is 12.6 Å². The van der Waals surface area contributed by atoms with Gasteiger partial charge in [-0.15, -0.1) is 0 Å². The SMILES string of the molecule is COc1cccc(CNC[C@@H]2CN(C)CCO2)c1OC. The van der Waals surface area contributed by atoms with E-state index in [0.29, 0.717) is 0 Å². The fraction of sp³-hybridized carbons (Fsp3) is 0.600. The maximum absolute atomic E-state index is 5.73. The Labute approximate surface area is 120 Å². The van der Waals surface area contributed by atoms with Gasteiger partial charge in [0.05, 0.1) is 26.9 Å². The zero-order valence-electron chi connectivity index (χ0n) is 12.5. The Bertz CT molecular complexity index is 426. The van der Waals surface area contributed by atoms with Crippen molar-refractivity contribution in [2.75, 3.05) is 47.5 Å². The van der Waals surface area contributed by atoms with Gasteiger partial charge in [0.15, 0.2) is 11.5 Å². The molecule has 0 aromatic heterocycles. The average Bonchev–Trinajstić information content (AvgIpc) is 2.47. The standard InChI is InChI=1S/C15H24N2O3/c1-17-7-8-20-13(11-17)10-16-9-12-5-4-6-14(18-2)15(12)19-3/h4-6,13,16H,7-11H2,1-3H3/t13-/m1/s1. The Kier molecular flexibility index (Phi) is 5.64. The van der Waals surface area contributed by atoms with Crippen LogP contribution in [0.3, 0.4) is 0 Å². The fourth-order valence-electron chi connectivity index (χ4n) is 2.45. The summed E-state index contributed by atoms with van der Waals surface area (Å²) >= 11 is 0. The van der Waals surface area contributed by atoms with Gasteiger partial charge in [-0.2, -0.15) is 0 Å². The molecule has 1 aliphatic heterocycles. The Balaban J connectivity index is 1.87. The molecule has 1 N–H and O–H groups in total. The lowest BCUT2D eigenvalue weighted by molar-refractivity contribution is -0.0182. The summed E-state index contributed by atoms with van der Waals surface area (Å²) < 4.78 is 16.5. The number of methoxy groups -OCH3 is 2. The lowest BCUT2D eigenvalue weighted by Crippen LogP contribution is -2.44. The van der Waals surface area contributed by atoms with Crippen LogP contribution < -0.4 is 14.8 Å². The van der Waals surface area contributed by atoms with Crippen LogP contribution in [0.1, 0.15) is 5.56 Å². The molecule has 0 spiro atoms. The van der Waals surface area contributed by atoms with Crippen LogP contribution >= 0.6 is 0 Å². The minimum atomic E-state index is 0.255. The molecule has 1 aromatic rings. The molecule has 112 valence electrons. The van der Waals surface area contributed by atoms with E-state index in [1.54, 1.807) is 14.2 Å². The summed E-state index contributed by atoms with van der Waals surface area (Å²) in [7, 11) is 5.45. The molecule has 20 heavy (non-hydrogen) atoms. The lowest BCUT2D eigenvalue weighted by Gasteiger charge is -2.30. The number of benzene rings is 1. The molecule has 1 fully saturated rings. The van der Waals surface area contributed by atoms with Gasteiger partial charge in [0.1, 0.15) is 0 Å². The number of morpholine rings is 1. The Morgan fingerprint density at radius 2 is 2.20 bits per heavy atom. The summed E-state index contributed by atoms with van der Waals surface area (Å²) in [6, 6.07) is 5.92. The quantitative estimate of drug-likeness (QED) is 0.846. The highest BCUT2D eigenvalue weighted by Crippen LogP contribution is 2.30. The first-order valence-electron chi connectivity index (χ1n) is 6.95. The van der Waals surface area contributed by atoms with Gasteiger partial charge in [0, 0.05) is 31.7 Å². The number of ether oxygens (including phenoxy) is 3. The molecule has 0 unspecified atom stereocenters. The van der Waals surface area contributed by atoms with Crippen molar-refractivity contribution in [3.05, 3.63) is 23.8 Å². The monoisotopic (exact) mass is 280 g/mol. The molecule has 1 aliphatic rings. The zero-order valence-corrected chi connectivity index (χ0v) is 12.5. The third-order valence-electron chi connectivity index (χ3n) is 3.51. The van der Waals surface area contributed by atoms with Crippen molar-refractivity contribution in [2.24, 2.45) is 0 Å². The van der Waals surface area contributed by atoms with Crippen molar-refractivity contribution in [1.82, 2.24) is 10.2 Å². The summed E-state index contributed by atoms with van der Waals surface area (Å²) in [6.07, 6.45) is 0.255. The van der Waals surface area contributed by atoms with E-state index in [-0.39, 0.29) is 6.10 Å². The smallest absolute Gasteiger partial charge is 0.165 e. The largest absolute Gasteiger partial charge is 0.493 e. The van der Waals surface area contributed by atoms with Gasteiger partial charge in [-0.25, -0.2) is 0 Å².